The van der Waals surface area contributed by atoms with Gasteiger partial charge in [0.2, 0.25) is 5.78 Å². The standard InChI is InChI=1S/C26H27N3O8/c1-9(2)14-8-16(37-29-14)11-4-5-15(30)18-12(11)6-10-7-13-20(27)22(32)19(25(28)35)24(34)26(13,36-3)23(33)17(10)21(18)31/h4-5,8-10,13,20,30-31,34H,6-7,27H2,1-3H3,(H2,28,35)/t10-,13-,20+,26-/m0/s1. The number of fused-ring (bicyclic) bond motifs is 3. The maximum atomic E-state index is 14.0. The van der Waals surface area contributed by atoms with Crippen molar-refractivity contribution in [3.05, 3.63) is 51.9 Å². The van der Waals surface area contributed by atoms with E-state index in [1.165, 1.54) is 6.07 Å². The van der Waals surface area contributed by atoms with Gasteiger partial charge in [-0.1, -0.05) is 19.0 Å². The predicted molar refractivity (Wildman–Crippen MR) is 129 cm³/mol. The Morgan fingerprint density at radius 3 is 2.54 bits per heavy atom. The molecule has 1 aromatic heterocycles. The lowest BCUT2D eigenvalue weighted by molar-refractivity contribution is -0.154. The number of aliphatic hydroxyl groups excluding tert-OH is 2. The first-order chi connectivity index (χ1) is 17.4. The van der Waals surface area contributed by atoms with E-state index in [4.69, 9.17) is 20.7 Å². The molecule has 4 atom stereocenters. The number of primary amides is 1. The van der Waals surface area contributed by atoms with E-state index in [2.05, 4.69) is 5.16 Å². The highest BCUT2D eigenvalue weighted by Crippen LogP contribution is 2.54. The zero-order valence-corrected chi connectivity index (χ0v) is 20.4. The van der Waals surface area contributed by atoms with Crippen molar-refractivity contribution in [3.63, 3.8) is 0 Å². The van der Waals surface area contributed by atoms with Gasteiger partial charge in [-0.2, -0.15) is 0 Å². The van der Waals surface area contributed by atoms with Gasteiger partial charge in [0.25, 0.3) is 5.91 Å². The SMILES string of the molecule is CO[C@]12C(=O)C3=C(O)c4c(O)ccc(-c5cc(C(C)C)no5)c4C[C@H]3C[C@H]1[C@@H](N)C(=O)C(C(N)=O)=C2O. The monoisotopic (exact) mass is 509 g/mol. The van der Waals surface area contributed by atoms with Crippen LogP contribution in [0.2, 0.25) is 0 Å². The van der Waals surface area contributed by atoms with E-state index in [0.717, 1.165) is 12.8 Å². The molecule has 0 saturated heterocycles. The number of aromatic nitrogens is 1. The van der Waals surface area contributed by atoms with Gasteiger partial charge in [-0.15, -0.1) is 0 Å². The normalized spacial score (nSPS) is 27.3. The average molecular weight is 510 g/mol. The Kier molecular flexibility index (Phi) is 5.54. The molecule has 1 heterocycles. The molecule has 3 aliphatic carbocycles. The Morgan fingerprint density at radius 1 is 1.24 bits per heavy atom. The van der Waals surface area contributed by atoms with Crippen molar-refractivity contribution in [3.8, 4) is 17.1 Å². The van der Waals surface area contributed by atoms with Crippen molar-refractivity contribution >= 4 is 23.2 Å². The van der Waals surface area contributed by atoms with Gasteiger partial charge in [-0.05, 0) is 42.4 Å². The number of ketones is 2. The number of nitrogens with two attached hydrogens (primary N) is 2. The smallest absolute Gasteiger partial charge is 0.255 e. The number of phenols is 1. The summed E-state index contributed by atoms with van der Waals surface area (Å²) in [5, 5.41) is 37.1. The Balaban J connectivity index is 1.73. The summed E-state index contributed by atoms with van der Waals surface area (Å²) in [6, 6.07) is 3.44. The number of hydrogen-bond acceptors (Lipinski definition) is 10. The first kappa shape index (κ1) is 24.7. The number of carbonyl (C=O) groups excluding carboxylic acids is 3. The first-order valence-electron chi connectivity index (χ1n) is 11.8. The second-order valence-electron chi connectivity index (χ2n) is 10.0. The third kappa shape index (κ3) is 3.20. The first-order valence-corrected chi connectivity index (χ1v) is 11.8. The number of phenolic OH excluding ortho intramolecular Hbond substituents is 1. The van der Waals surface area contributed by atoms with Crippen LogP contribution in [-0.4, -0.2) is 56.7 Å². The van der Waals surface area contributed by atoms with Gasteiger partial charge in [0.15, 0.2) is 17.1 Å². The topological polar surface area (TPSA) is 199 Å². The van der Waals surface area contributed by atoms with Crippen LogP contribution in [0.5, 0.6) is 5.75 Å². The van der Waals surface area contributed by atoms with Crippen LogP contribution < -0.4 is 11.5 Å². The molecule has 5 rings (SSSR count). The Labute approximate surface area is 211 Å². The Hall–Kier alpha value is -3.96. The van der Waals surface area contributed by atoms with Gasteiger partial charge in [0.1, 0.15) is 22.8 Å². The number of methoxy groups -OCH3 is 1. The molecule has 0 bridgehead atoms. The van der Waals surface area contributed by atoms with Gasteiger partial charge in [0.05, 0.1) is 17.3 Å². The molecule has 1 saturated carbocycles. The third-order valence-corrected chi connectivity index (χ3v) is 7.81. The number of ether oxygens (including phenoxy) is 1. The number of carbonyl (C=O) groups is 3. The van der Waals surface area contributed by atoms with E-state index in [9.17, 15) is 29.7 Å². The van der Waals surface area contributed by atoms with Gasteiger partial charge < -0.3 is 36.0 Å². The summed E-state index contributed by atoms with van der Waals surface area (Å²) in [6.45, 7) is 3.93. The molecule has 0 radical (unpaired) electrons. The van der Waals surface area contributed by atoms with Crippen LogP contribution in [0.1, 0.15) is 43.0 Å². The van der Waals surface area contributed by atoms with Crippen molar-refractivity contribution in [2.75, 3.05) is 7.11 Å². The van der Waals surface area contributed by atoms with E-state index in [-0.39, 0.29) is 35.6 Å². The minimum absolute atomic E-state index is 0.0408. The maximum absolute atomic E-state index is 14.0. The number of nitrogens with zero attached hydrogens (tertiary/aromatic N) is 1. The molecule has 2 aromatic rings. The molecule has 37 heavy (non-hydrogen) atoms. The number of amides is 1. The molecule has 0 spiro atoms. The van der Waals surface area contributed by atoms with Crippen LogP contribution in [0.4, 0.5) is 0 Å². The second-order valence-corrected chi connectivity index (χ2v) is 10.0. The van der Waals surface area contributed by atoms with Gasteiger partial charge in [-0.3, -0.25) is 14.4 Å². The number of Topliss-reactive ketones (excluding diaryl/α,β-unsaturated/α-hetero) is 2. The Morgan fingerprint density at radius 2 is 1.95 bits per heavy atom. The highest BCUT2D eigenvalue weighted by atomic mass is 16.5. The highest BCUT2D eigenvalue weighted by molar-refractivity contribution is 6.24. The summed E-state index contributed by atoms with van der Waals surface area (Å²) >= 11 is 0. The van der Waals surface area contributed by atoms with Crippen molar-refractivity contribution in [2.45, 2.75) is 44.2 Å². The fourth-order valence-electron chi connectivity index (χ4n) is 5.96. The van der Waals surface area contributed by atoms with E-state index in [1.54, 1.807) is 12.1 Å². The van der Waals surface area contributed by atoms with Crippen molar-refractivity contribution < 1.29 is 39.0 Å². The van der Waals surface area contributed by atoms with E-state index < -0.39 is 58.0 Å². The van der Waals surface area contributed by atoms with Crippen LogP contribution in [0.3, 0.4) is 0 Å². The minimum Gasteiger partial charge on any atom is -0.508 e. The molecular formula is C26H27N3O8. The largest absolute Gasteiger partial charge is 0.508 e. The number of aliphatic hydroxyl groups is 2. The molecule has 0 unspecified atom stereocenters. The van der Waals surface area contributed by atoms with E-state index in [0.29, 0.717) is 16.9 Å². The highest BCUT2D eigenvalue weighted by Gasteiger charge is 2.64. The Bertz CT molecular complexity index is 1440. The van der Waals surface area contributed by atoms with Crippen molar-refractivity contribution in [1.29, 1.82) is 0 Å². The summed E-state index contributed by atoms with van der Waals surface area (Å²) in [4.78, 5) is 38.8. The van der Waals surface area contributed by atoms with E-state index >= 15 is 0 Å². The summed E-state index contributed by atoms with van der Waals surface area (Å²) < 4.78 is 11.1. The lowest BCUT2D eigenvalue weighted by Gasteiger charge is -2.50. The number of rotatable bonds is 4. The number of aromatic hydroxyl groups is 1. The minimum atomic E-state index is -2.20. The van der Waals surface area contributed by atoms with Crippen molar-refractivity contribution in [1.82, 2.24) is 5.16 Å². The quantitative estimate of drug-likeness (QED) is 0.379. The van der Waals surface area contributed by atoms with E-state index in [1.807, 2.05) is 13.8 Å². The summed E-state index contributed by atoms with van der Waals surface area (Å²) in [7, 11) is 1.14. The lowest BCUT2D eigenvalue weighted by atomic mass is 9.57. The van der Waals surface area contributed by atoms with Crippen LogP contribution in [0, 0.1) is 11.8 Å². The molecule has 0 aliphatic heterocycles. The number of hydrogen-bond donors (Lipinski definition) is 5. The molecule has 3 aliphatic rings. The van der Waals surface area contributed by atoms with Crippen LogP contribution in [0.25, 0.3) is 17.1 Å². The molecule has 1 fully saturated rings. The summed E-state index contributed by atoms with van der Waals surface area (Å²) in [5.74, 6) is -5.80. The van der Waals surface area contributed by atoms with Crippen molar-refractivity contribution in [2.24, 2.45) is 23.3 Å². The zero-order valence-electron chi connectivity index (χ0n) is 20.4. The molecule has 1 amide bonds. The lowest BCUT2D eigenvalue weighted by Crippen LogP contribution is -2.66. The maximum Gasteiger partial charge on any atom is 0.255 e. The summed E-state index contributed by atoms with van der Waals surface area (Å²) in [6.07, 6.45) is 0.246. The van der Waals surface area contributed by atoms with Gasteiger partial charge in [-0.25, -0.2) is 0 Å². The van der Waals surface area contributed by atoms with Gasteiger partial charge in [0, 0.05) is 30.2 Å². The summed E-state index contributed by atoms with van der Waals surface area (Å²) in [5.41, 5.74) is 10.3. The average Bonchev–Trinajstić information content (AvgIpc) is 3.33. The second kappa shape index (κ2) is 8.29. The van der Waals surface area contributed by atoms with Crippen LogP contribution in [-0.2, 0) is 25.5 Å². The molecule has 11 nitrogen and oxygen atoms in total. The fraction of sp³-hybridized carbons (Fsp3) is 0.385. The van der Waals surface area contributed by atoms with Crippen LogP contribution >= 0.6 is 0 Å². The van der Waals surface area contributed by atoms with Gasteiger partial charge >= 0.3 is 0 Å². The van der Waals surface area contributed by atoms with Crippen LogP contribution in [0.15, 0.2) is 39.6 Å². The predicted octanol–water partition coefficient (Wildman–Crippen LogP) is 1.79. The molecule has 11 heteroatoms. The molecule has 1 aromatic carbocycles. The molecule has 194 valence electrons. The molecular weight excluding hydrogens is 482 g/mol. The number of benzene rings is 1. The fourth-order valence-corrected chi connectivity index (χ4v) is 5.96. The zero-order chi connectivity index (χ0) is 27.0. The third-order valence-electron chi connectivity index (χ3n) is 7.81. The molecule has 7 N–H and O–H groups in total.